The van der Waals surface area contributed by atoms with Gasteiger partial charge in [-0.25, -0.2) is 37.1 Å². The molecule has 0 bridgehead atoms. The summed E-state index contributed by atoms with van der Waals surface area (Å²) in [5.41, 5.74) is 2.60. The van der Waals surface area contributed by atoms with Crippen LogP contribution in [0.25, 0.3) is 44.3 Å². The van der Waals surface area contributed by atoms with Crippen molar-refractivity contribution in [2.45, 2.75) is 220 Å². The van der Waals surface area contributed by atoms with Gasteiger partial charge in [0.25, 0.3) is 0 Å². The molecule has 6 fully saturated rings. The number of nitrogens with one attached hydrogen (secondary N) is 4. The summed E-state index contributed by atoms with van der Waals surface area (Å²) in [6.07, 6.45) is 15.6. The number of ether oxygens (including phenoxy) is 6. The Bertz CT molecular complexity index is 5510. The van der Waals surface area contributed by atoms with Crippen molar-refractivity contribution < 1.29 is 93.3 Å². The minimum Gasteiger partial charge on any atom is -0.495 e. The number of benzene rings is 6. The van der Waals surface area contributed by atoms with Gasteiger partial charge in [-0.05, 0) is 158 Å². The molecule has 127 heavy (non-hydrogen) atoms. The zero-order valence-electron chi connectivity index (χ0n) is 71.0. The first kappa shape index (κ1) is 93.1. The van der Waals surface area contributed by atoms with Gasteiger partial charge < -0.3 is 68.9 Å². The molecule has 4 saturated carbocycles. The van der Waals surface area contributed by atoms with E-state index in [1.54, 1.807) is 49.4 Å². The van der Waals surface area contributed by atoms with Gasteiger partial charge in [0.05, 0.1) is 68.7 Å². The van der Waals surface area contributed by atoms with E-state index in [-0.39, 0.29) is 82.5 Å². The van der Waals surface area contributed by atoms with Crippen LogP contribution in [0.2, 0.25) is 10.0 Å². The molecular formula is C94H104BCl2F4N8O16P2. The molecule has 0 spiro atoms. The second kappa shape index (κ2) is 40.8. The van der Waals surface area contributed by atoms with Gasteiger partial charge in [-0.15, -0.1) is 0 Å². The van der Waals surface area contributed by atoms with Crippen molar-refractivity contribution in [2.75, 3.05) is 33.9 Å². The highest BCUT2D eigenvalue weighted by Crippen LogP contribution is 2.74. The molecule has 6 heterocycles. The average Bonchev–Trinajstić information content (AvgIpc) is 1.55. The van der Waals surface area contributed by atoms with Crippen molar-refractivity contribution in [2.24, 2.45) is 11.8 Å². The number of hydrogen-bond acceptors (Lipinski definition) is 17. The third kappa shape index (κ3) is 20.7. The third-order valence-electron chi connectivity index (χ3n) is 25.4. The van der Waals surface area contributed by atoms with Crippen molar-refractivity contribution in [3.8, 4) is 45.5 Å². The Hall–Kier alpha value is -10.0. The number of amides is 6. The standard InChI is InChI=1S/C48H54ClF2N4O8P.C46H50ClF2N4O8P.B/c1-3-61-64(59,29-35-36(50)20-14-21-37(35)51)48-27-31(48)17-10-5-4-6-11-22-38(53-47(58)63-32-18-12-13-19-32)46(57)55-28-33(25-40(55)45(56)54-48)62-42-26-39(30-15-8-7-9-16-30)52-44-34(42)23-24-41(60-2)43(44)49;1-59-39-22-21-32-40(24-37(50-42(32)41(39)47)28-13-6-5-7-14-28)60-31-23-38-43(54)52-46(62(57,58)27-33-34(48)18-12-19-35(33)49)25-29(46)15-8-3-2-4-9-20-36(44(55)53(38)26-31)51-45(56)61-30-16-10-11-17-30;/h7-10,14-17,20-21,23-24,26,31-33,38,40H,3-6,11-13,18-19,22,25,27-29H2,1-2H3,(H,53,58)(H,54,56);5-8,12-15,18-19,21-22,24,29-31,36,38H,2-4,9-11,16-17,20,23,25-27H2,1H3,(H,51,56)(H,52,54)(H,57,58);/b17-10-;15-8-;/t31-,33-,38+,40+,48+,64?;29-,31-,36+,38+,46+;/m11./s1. The molecule has 6 amide bonds. The number of halogens is 6. The number of carbonyl (C=O) groups is 6. The Morgan fingerprint density at radius 3 is 1.35 bits per heavy atom. The van der Waals surface area contributed by atoms with Gasteiger partial charge in [0.1, 0.15) is 115 Å². The molecule has 5 N–H and O–H groups in total. The number of rotatable bonds is 20. The molecule has 8 aliphatic rings. The van der Waals surface area contributed by atoms with Gasteiger partial charge in [0.2, 0.25) is 38.4 Å². The summed E-state index contributed by atoms with van der Waals surface area (Å²) in [5, 5.41) is 9.94. The predicted molar refractivity (Wildman–Crippen MR) is 475 cm³/mol. The quantitative estimate of drug-likeness (QED) is 0.0205. The van der Waals surface area contributed by atoms with Crippen LogP contribution in [0.4, 0.5) is 27.2 Å². The Kier molecular flexibility index (Phi) is 29.9. The van der Waals surface area contributed by atoms with Crippen LogP contribution in [-0.2, 0) is 54.6 Å². The molecule has 4 aliphatic heterocycles. The van der Waals surface area contributed by atoms with Crippen LogP contribution in [0.15, 0.2) is 158 Å². The summed E-state index contributed by atoms with van der Waals surface area (Å²) in [4.78, 5) is 110. The van der Waals surface area contributed by atoms with E-state index < -0.39 is 156 Å². The predicted octanol–water partition coefficient (Wildman–Crippen LogP) is 18.8. The number of fused-ring (bicyclic) bond motifs is 6. The molecular weight excluding hydrogens is 1720 g/mol. The number of alkyl carbamates (subject to hydrolysis) is 2. The summed E-state index contributed by atoms with van der Waals surface area (Å²) in [6, 6.07) is 31.6. The topological polar surface area (TPSA) is 302 Å². The lowest BCUT2D eigenvalue weighted by Crippen LogP contribution is -2.55. The number of nitrogens with zero attached hydrogens (tertiary/aromatic N) is 4. The molecule has 12 atom stereocenters. The van der Waals surface area contributed by atoms with E-state index in [1.807, 2.05) is 78.9 Å². The number of aromatic nitrogens is 2. The molecule has 671 valence electrons. The fourth-order valence-corrected chi connectivity index (χ4v) is 24.6. The third-order valence-corrected chi connectivity index (χ3v) is 32.0. The van der Waals surface area contributed by atoms with Crippen LogP contribution in [-0.4, -0.2) is 162 Å². The van der Waals surface area contributed by atoms with Crippen molar-refractivity contribution in [1.29, 1.82) is 0 Å². The van der Waals surface area contributed by atoms with Crippen molar-refractivity contribution >= 4 is 104 Å². The maximum Gasteiger partial charge on any atom is 0.408 e. The lowest BCUT2D eigenvalue weighted by Gasteiger charge is -2.33. The van der Waals surface area contributed by atoms with E-state index in [0.29, 0.717) is 94.7 Å². The van der Waals surface area contributed by atoms with Gasteiger partial charge in [0, 0.05) is 78.2 Å². The lowest BCUT2D eigenvalue weighted by molar-refractivity contribution is -0.140. The molecule has 2 saturated heterocycles. The molecule has 33 heteroatoms. The highest BCUT2D eigenvalue weighted by molar-refractivity contribution is 7.60. The zero-order chi connectivity index (χ0) is 88.6. The number of pyridine rings is 2. The van der Waals surface area contributed by atoms with E-state index in [4.69, 9.17) is 66.1 Å². The zero-order valence-corrected chi connectivity index (χ0v) is 74.3. The molecule has 3 radical (unpaired) electrons. The van der Waals surface area contributed by atoms with E-state index in [9.17, 15) is 42.2 Å². The SMILES string of the molecule is CCOP(=O)(Cc1c(F)cccc1F)[C@@]12C[C@H]1/C=C\CCCCC[C@H](NC(=O)OC1CCCC1)C(=O)N1C[C@H](Oc3cc(-c4ccccc4)nc4c(Cl)c(OC)ccc34)C[C@H]1C(=O)N2.COc1ccc2c(O[C@@H]3C[C@H]4C(=O)N[C@]5(P(=O)(O)Cc6c(F)cccc6F)C[C@H]5/C=C\CCCCC[C@H](NC(=O)OC5CCCC5)C(=O)N4C3)cc(-c3ccccc3)nc2c1Cl.[B]. The maximum absolute atomic E-state index is 15.3. The second-order valence-corrected chi connectivity index (χ2v) is 39.8. The first-order chi connectivity index (χ1) is 60.8. The smallest absolute Gasteiger partial charge is 0.408 e. The Balaban J connectivity index is 0.000000204. The molecule has 2 aromatic heterocycles. The summed E-state index contributed by atoms with van der Waals surface area (Å²) in [7, 11) is -5.70. The van der Waals surface area contributed by atoms with E-state index in [1.165, 1.54) is 36.2 Å². The summed E-state index contributed by atoms with van der Waals surface area (Å²) in [6.45, 7) is 1.45. The number of allylic oxidation sites excluding steroid dienone is 2. The van der Waals surface area contributed by atoms with Crippen LogP contribution in [0.5, 0.6) is 23.0 Å². The fraction of sp³-hybridized carbons (Fsp3) is 0.447. The van der Waals surface area contributed by atoms with Gasteiger partial charge in [-0.2, -0.15) is 0 Å². The number of methoxy groups -OCH3 is 2. The number of hydrogen-bond donors (Lipinski definition) is 5. The van der Waals surface area contributed by atoms with Crippen LogP contribution >= 0.6 is 37.9 Å². The van der Waals surface area contributed by atoms with Crippen LogP contribution in [0, 0.1) is 35.1 Å². The Morgan fingerprint density at radius 1 is 0.520 bits per heavy atom. The molecule has 8 aromatic rings. The molecule has 16 rings (SSSR count). The molecule has 2 unspecified atom stereocenters. The largest absolute Gasteiger partial charge is 0.495 e. The summed E-state index contributed by atoms with van der Waals surface area (Å²) in [5.74, 6) is -5.57. The molecule has 4 aliphatic carbocycles. The second-order valence-electron chi connectivity index (χ2n) is 33.8. The van der Waals surface area contributed by atoms with Crippen molar-refractivity contribution in [3.05, 3.63) is 202 Å². The highest BCUT2D eigenvalue weighted by atomic mass is 35.5. The minimum atomic E-state index is -4.59. The maximum atomic E-state index is 15.3. The lowest BCUT2D eigenvalue weighted by atomic mass is 10.0. The Morgan fingerprint density at radius 2 is 0.921 bits per heavy atom. The summed E-state index contributed by atoms with van der Waals surface area (Å²) < 4.78 is 132. The first-order valence-electron chi connectivity index (χ1n) is 43.5. The monoisotopic (exact) mass is 1820 g/mol. The van der Waals surface area contributed by atoms with Crippen LogP contribution in [0.1, 0.15) is 159 Å². The van der Waals surface area contributed by atoms with E-state index >= 15 is 18.1 Å². The normalized spacial score (nSPS) is 25.6. The number of carbonyl (C=O) groups excluding carboxylic acids is 6. The van der Waals surface area contributed by atoms with Crippen molar-refractivity contribution in [3.63, 3.8) is 0 Å². The molecule has 24 nitrogen and oxygen atoms in total. The summed E-state index contributed by atoms with van der Waals surface area (Å²) >= 11 is 13.7. The van der Waals surface area contributed by atoms with E-state index in [0.717, 1.165) is 106 Å². The van der Waals surface area contributed by atoms with Gasteiger partial charge in [-0.1, -0.05) is 146 Å². The van der Waals surface area contributed by atoms with Crippen LogP contribution < -0.4 is 40.2 Å². The molecule has 6 aromatic carbocycles. The minimum absolute atomic E-state index is 0. The Labute approximate surface area is 747 Å². The van der Waals surface area contributed by atoms with Crippen LogP contribution in [0.3, 0.4) is 0 Å². The average molecular weight is 1820 g/mol. The van der Waals surface area contributed by atoms with E-state index in [2.05, 4.69) is 21.3 Å². The van der Waals surface area contributed by atoms with Gasteiger partial charge in [-0.3, -0.25) is 28.3 Å². The highest BCUT2D eigenvalue weighted by Gasteiger charge is 2.68. The first-order valence-corrected chi connectivity index (χ1v) is 47.9. The van der Waals surface area contributed by atoms with Gasteiger partial charge >= 0.3 is 12.2 Å². The fourth-order valence-electron chi connectivity index (χ4n) is 18.5. The van der Waals surface area contributed by atoms with Gasteiger partial charge in [0.15, 0.2) is 0 Å². The van der Waals surface area contributed by atoms with Crippen molar-refractivity contribution in [1.82, 2.24) is 41.0 Å².